The highest BCUT2D eigenvalue weighted by molar-refractivity contribution is 7.23. The van der Waals surface area contributed by atoms with Gasteiger partial charge in [-0.2, -0.15) is 0 Å². The lowest BCUT2D eigenvalue weighted by Gasteiger charge is -2.34. The predicted molar refractivity (Wildman–Crippen MR) is 327 cm³/mol. The Balaban J connectivity index is 1.01. The molecular weight excluding hydrogens is 949 g/mol. The standard InChI is InChI=1S/C72H50N2Si2/c1-6-27-52(28-7-1)75(53-29-8-2-9-30-53,54-31-10-3-11-32-54)57-37-22-26-51(50-57)73-65-45-19-16-38-58(65)61-42-25-48-68(71(61)73)74-66-46-20-17-40-64(66)70-60(41-24-47-67(70)74)63-44-23-43-62-59-39-18-21-49-69(59)76(72(62)63,55-33-12-4-13-34-55)56-35-14-5-15-36-56/h1-50H. The van der Waals surface area contributed by atoms with Gasteiger partial charge in [-0.1, -0.05) is 267 Å². The number of fused-ring (bicyclic) bond motifs is 9. The molecule has 0 N–H and O–H groups in total. The summed E-state index contributed by atoms with van der Waals surface area (Å²) >= 11 is 0. The highest BCUT2D eigenvalue weighted by Gasteiger charge is 2.50. The van der Waals surface area contributed by atoms with E-state index in [0.717, 1.165) is 11.4 Å². The van der Waals surface area contributed by atoms with Crippen molar-refractivity contribution in [1.29, 1.82) is 0 Å². The molecule has 76 heavy (non-hydrogen) atoms. The van der Waals surface area contributed by atoms with Gasteiger partial charge >= 0.3 is 0 Å². The van der Waals surface area contributed by atoms with Crippen molar-refractivity contribution in [3.8, 4) is 33.6 Å². The molecule has 0 saturated heterocycles. The molecule has 14 aromatic rings. The Morgan fingerprint density at radius 2 is 0.724 bits per heavy atom. The van der Waals surface area contributed by atoms with E-state index in [9.17, 15) is 0 Å². The van der Waals surface area contributed by atoms with E-state index < -0.39 is 16.1 Å². The number of aromatic nitrogens is 2. The maximum atomic E-state index is 2.56. The van der Waals surface area contributed by atoms with Gasteiger partial charge in [-0.05, 0) is 100 Å². The number of hydrogen-bond acceptors (Lipinski definition) is 0. The Bertz CT molecular complexity index is 4370. The Morgan fingerprint density at radius 1 is 0.289 bits per heavy atom. The summed E-state index contributed by atoms with van der Waals surface area (Å²) in [5, 5.41) is 16.0. The quantitative estimate of drug-likeness (QED) is 0.101. The first kappa shape index (κ1) is 44.2. The first-order chi connectivity index (χ1) is 37.8. The normalized spacial score (nSPS) is 12.8. The molecule has 0 amide bonds. The molecule has 2 nitrogen and oxygen atoms in total. The molecule has 0 fully saturated rings. The summed E-state index contributed by atoms with van der Waals surface area (Å²) in [7, 11) is -5.71. The van der Waals surface area contributed by atoms with Crippen molar-refractivity contribution in [2.45, 2.75) is 0 Å². The maximum Gasteiger partial charge on any atom is 0.181 e. The third kappa shape index (κ3) is 6.32. The highest BCUT2D eigenvalue weighted by Crippen LogP contribution is 2.43. The van der Waals surface area contributed by atoms with E-state index in [1.54, 1.807) is 0 Å². The van der Waals surface area contributed by atoms with Crippen LogP contribution in [0.2, 0.25) is 0 Å². The van der Waals surface area contributed by atoms with Crippen LogP contribution in [0.25, 0.3) is 77.2 Å². The van der Waals surface area contributed by atoms with E-state index in [0.29, 0.717) is 0 Å². The van der Waals surface area contributed by atoms with Gasteiger partial charge in [-0.3, -0.25) is 0 Å². The Kier molecular flexibility index (Phi) is 10.3. The fraction of sp³-hybridized carbons (Fsp3) is 0. The van der Waals surface area contributed by atoms with Crippen LogP contribution in [-0.4, -0.2) is 25.3 Å². The lowest BCUT2D eigenvalue weighted by Crippen LogP contribution is -2.74. The minimum Gasteiger partial charge on any atom is -0.307 e. The number of para-hydroxylation sites is 3. The molecule has 1 aliphatic heterocycles. The van der Waals surface area contributed by atoms with Crippen molar-refractivity contribution in [2.24, 2.45) is 0 Å². The molecule has 2 aromatic heterocycles. The topological polar surface area (TPSA) is 9.86 Å². The Morgan fingerprint density at radius 3 is 1.37 bits per heavy atom. The van der Waals surface area contributed by atoms with Gasteiger partial charge in [0.1, 0.15) is 0 Å². The van der Waals surface area contributed by atoms with Crippen molar-refractivity contribution < 1.29 is 0 Å². The number of nitrogens with zero attached hydrogens (tertiary/aromatic N) is 2. The van der Waals surface area contributed by atoms with Gasteiger partial charge in [-0.15, -0.1) is 0 Å². The van der Waals surface area contributed by atoms with Crippen LogP contribution in [0, 0.1) is 0 Å². The highest BCUT2D eigenvalue weighted by atomic mass is 28.3. The minimum absolute atomic E-state index is 1.14. The molecule has 0 bridgehead atoms. The molecule has 0 atom stereocenters. The third-order valence-electron chi connectivity index (χ3n) is 16.5. The number of rotatable bonds is 9. The molecule has 0 aliphatic carbocycles. The zero-order valence-corrected chi connectivity index (χ0v) is 43.8. The average Bonchev–Trinajstić information content (AvgIpc) is 4.33. The lowest BCUT2D eigenvalue weighted by molar-refractivity contribution is 1.13. The summed E-state index contributed by atoms with van der Waals surface area (Å²) < 4.78 is 5.11. The molecule has 15 rings (SSSR count). The smallest absolute Gasteiger partial charge is 0.181 e. The summed E-state index contributed by atoms with van der Waals surface area (Å²) in [6, 6.07) is 114. The van der Waals surface area contributed by atoms with Crippen LogP contribution in [0.4, 0.5) is 0 Å². The summed E-state index contributed by atoms with van der Waals surface area (Å²) in [6.07, 6.45) is 0. The van der Waals surface area contributed by atoms with Gasteiger partial charge in [0.15, 0.2) is 16.1 Å². The number of benzene rings is 12. The molecule has 356 valence electrons. The molecule has 3 heterocycles. The van der Waals surface area contributed by atoms with E-state index in [4.69, 9.17) is 0 Å². The van der Waals surface area contributed by atoms with Gasteiger partial charge in [-0.25, -0.2) is 0 Å². The summed E-state index contributed by atoms with van der Waals surface area (Å²) in [6.45, 7) is 0. The first-order valence-electron chi connectivity index (χ1n) is 26.4. The van der Waals surface area contributed by atoms with Crippen LogP contribution >= 0.6 is 0 Å². The van der Waals surface area contributed by atoms with Crippen molar-refractivity contribution in [1.82, 2.24) is 9.13 Å². The maximum absolute atomic E-state index is 2.86. The first-order valence-corrected chi connectivity index (χ1v) is 30.4. The van der Waals surface area contributed by atoms with E-state index in [1.807, 2.05) is 0 Å². The van der Waals surface area contributed by atoms with Crippen LogP contribution in [-0.2, 0) is 0 Å². The average molecular weight is 999 g/mol. The fourth-order valence-electron chi connectivity index (χ4n) is 13.6. The molecule has 0 unspecified atom stereocenters. The van der Waals surface area contributed by atoms with Gasteiger partial charge in [0.2, 0.25) is 0 Å². The SMILES string of the molecule is c1ccc([Si](c2ccccc2)(c2ccccc2)c2cccc(-n3c4ccccc4c4cccc(-n5c6ccccc6c6c(-c7cccc8c7[Si](c7ccccc7)(c7ccccc7)c7ccccc7-8)cccc65)c43)c2)cc1. The van der Waals surface area contributed by atoms with Gasteiger partial charge in [0.25, 0.3) is 0 Å². The Hall–Kier alpha value is -9.33. The van der Waals surface area contributed by atoms with Crippen molar-refractivity contribution in [2.75, 3.05) is 0 Å². The molecule has 12 aromatic carbocycles. The van der Waals surface area contributed by atoms with Gasteiger partial charge in [0, 0.05) is 27.2 Å². The number of hydrogen-bond donors (Lipinski definition) is 0. The van der Waals surface area contributed by atoms with Crippen molar-refractivity contribution in [3.05, 3.63) is 303 Å². The molecule has 4 heteroatoms. The van der Waals surface area contributed by atoms with Crippen LogP contribution < -0.4 is 41.5 Å². The van der Waals surface area contributed by atoms with Crippen LogP contribution in [0.15, 0.2) is 303 Å². The van der Waals surface area contributed by atoms with Crippen LogP contribution in [0.3, 0.4) is 0 Å². The largest absolute Gasteiger partial charge is 0.307 e. The van der Waals surface area contributed by atoms with E-state index in [1.165, 1.54) is 107 Å². The molecule has 0 spiro atoms. The molecule has 0 radical (unpaired) electrons. The van der Waals surface area contributed by atoms with Crippen LogP contribution in [0.1, 0.15) is 0 Å². The van der Waals surface area contributed by atoms with E-state index in [2.05, 4.69) is 312 Å². The van der Waals surface area contributed by atoms with Gasteiger partial charge in [0.05, 0.1) is 27.8 Å². The Labute approximate surface area is 444 Å². The zero-order valence-electron chi connectivity index (χ0n) is 41.8. The molecule has 1 aliphatic rings. The predicted octanol–water partition coefficient (Wildman–Crippen LogP) is 12.3. The summed E-state index contributed by atoms with van der Waals surface area (Å²) in [4.78, 5) is 0. The summed E-state index contributed by atoms with van der Waals surface area (Å²) in [5.74, 6) is 0. The monoisotopic (exact) mass is 998 g/mol. The van der Waals surface area contributed by atoms with Crippen molar-refractivity contribution >= 4 is 101 Å². The van der Waals surface area contributed by atoms with Gasteiger partial charge < -0.3 is 9.13 Å². The molecule has 0 saturated carbocycles. The summed E-state index contributed by atoms with van der Waals surface area (Å²) in [5.41, 5.74) is 12.2. The second kappa shape index (κ2) is 17.7. The zero-order chi connectivity index (χ0) is 50.2. The second-order valence-corrected chi connectivity index (χ2v) is 27.7. The van der Waals surface area contributed by atoms with E-state index >= 15 is 0 Å². The fourth-order valence-corrected chi connectivity index (χ4v) is 23.8. The van der Waals surface area contributed by atoms with E-state index in [-0.39, 0.29) is 0 Å². The molecular formula is C72H50N2Si2. The minimum atomic E-state index is -2.86. The van der Waals surface area contributed by atoms with Crippen molar-refractivity contribution in [3.63, 3.8) is 0 Å². The van der Waals surface area contributed by atoms with Crippen LogP contribution in [0.5, 0.6) is 0 Å². The third-order valence-corrected chi connectivity index (χ3v) is 26.2. The lowest BCUT2D eigenvalue weighted by atomic mass is 9.96. The second-order valence-electron chi connectivity index (χ2n) is 20.2.